The molecule has 0 spiro atoms. The summed E-state index contributed by atoms with van der Waals surface area (Å²) < 4.78 is 10.6. The van der Waals surface area contributed by atoms with Gasteiger partial charge in [0.1, 0.15) is 11.5 Å². The van der Waals surface area contributed by atoms with Crippen molar-refractivity contribution in [2.75, 3.05) is 6.61 Å². The van der Waals surface area contributed by atoms with E-state index >= 15 is 0 Å². The standard InChI is InChI=1S/C16H22O4/c1-3-16(18)19-12-6-4-5-7-13(2)20-15-10-8-14(17)9-11-15/h3,8-11,13,17H,1,4-7,12H2,2H3/t13-/m0/s1. The number of rotatable bonds is 9. The van der Waals surface area contributed by atoms with Crippen molar-refractivity contribution in [3.8, 4) is 11.5 Å². The maximum absolute atomic E-state index is 10.8. The van der Waals surface area contributed by atoms with Crippen LogP contribution in [0.15, 0.2) is 36.9 Å². The summed E-state index contributed by atoms with van der Waals surface area (Å²) >= 11 is 0. The number of benzene rings is 1. The van der Waals surface area contributed by atoms with Gasteiger partial charge in [0.2, 0.25) is 0 Å². The number of aromatic hydroxyl groups is 1. The molecule has 0 fully saturated rings. The van der Waals surface area contributed by atoms with E-state index in [4.69, 9.17) is 9.47 Å². The zero-order chi connectivity index (χ0) is 14.8. The molecule has 4 heteroatoms. The van der Waals surface area contributed by atoms with E-state index < -0.39 is 0 Å². The van der Waals surface area contributed by atoms with Crippen LogP contribution in [-0.4, -0.2) is 23.8 Å². The molecule has 0 aliphatic heterocycles. The number of phenolic OH excluding ortho intramolecular Hbond substituents is 1. The van der Waals surface area contributed by atoms with Crippen molar-refractivity contribution in [2.24, 2.45) is 0 Å². The predicted octanol–water partition coefficient (Wildman–Crippen LogP) is 3.45. The number of ether oxygens (including phenoxy) is 2. The minimum absolute atomic E-state index is 0.121. The summed E-state index contributed by atoms with van der Waals surface area (Å²) in [6.45, 7) is 5.80. The molecule has 0 aliphatic rings. The second-order valence-corrected chi connectivity index (χ2v) is 4.64. The maximum Gasteiger partial charge on any atom is 0.330 e. The summed E-state index contributed by atoms with van der Waals surface area (Å²) in [5.74, 6) is 0.628. The van der Waals surface area contributed by atoms with Crippen LogP contribution in [-0.2, 0) is 9.53 Å². The number of esters is 1. The lowest BCUT2D eigenvalue weighted by molar-refractivity contribution is -0.137. The average Bonchev–Trinajstić information content (AvgIpc) is 2.44. The molecular formula is C16H22O4. The lowest BCUT2D eigenvalue weighted by atomic mass is 10.1. The number of hydrogen-bond acceptors (Lipinski definition) is 4. The van der Waals surface area contributed by atoms with Gasteiger partial charge in [0.15, 0.2) is 0 Å². The van der Waals surface area contributed by atoms with E-state index in [0.717, 1.165) is 31.4 Å². The molecule has 1 rings (SSSR count). The Hall–Kier alpha value is -1.97. The average molecular weight is 278 g/mol. The summed E-state index contributed by atoms with van der Waals surface area (Å²) in [7, 11) is 0. The van der Waals surface area contributed by atoms with E-state index in [2.05, 4.69) is 6.58 Å². The minimum atomic E-state index is -0.367. The van der Waals surface area contributed by atoms with Gasteiger partial charge in [0.05, 0.1) is 12.7 Å². The zero-order valence-electron chi connectivity index (χ0n) is 11.9. The molecule has 110 valence electrons. The molecule has 1 atom stereocenters. The molecule has 0 amide bonds. The number of hydrogen-bond donors (Lipinski definition) is 1. The van der Waals surface area contributed by atoms with Crippen molar-refractivity contribution in [3.63, 3.8) is 0 Å². The molecule has 0 saturated carbocycles. The fourth-order valence-corrected chi connectivity index (χ4v) is 1.76. The van der Waals surface area contributed by atoms with Crippen LogP contribution in [0.2, 0.25) is 0 Å². The van der Waals surface area contributed by atoms with Gasteiger partial charge in [-0.05, 0) is 56.9 Å². The third-order valence-corrected chi connectivity index (χ3v) is 2.84. The van der Waals surface area contributed by atoms with Gasteiger partial charge in [-0.2, -0.15) is 0 Å². The van der Waals surface area contributed by atoms with Crippen molar-refractivity contribution < 1.29 is 19.4 Å². The third kappa shape index (κ3) is 6.83. The molecule has 20 heavy (non-hydrogen) atoms. The fourth-order valence-electron chi connectivity index (χ4n) is 1.76. The topological polar surface area (TPSA) is 55.8 Å². The maximum atomic E-state index is 10.8. The number of carbonyl (C=O) groups excluding carboxylic acids is 1. The zero-order valence-corrected chi connectivity index (χ0v) is 11.9. The van der Waals surface area contributed by atoms with Crippen molar-refractivity contribution in [1.29, 1.82) is 0 Å². The predicted molar refractivity (Wildman–Crippen MR) is 77.8 cm³/mol. The first-order chi connectivity index (χ1) is 9.61. The van der Waals surface area contributed by atoms with Crippen molar-refractivity contribution in [2.45, 2.75) is 38.7 Å². The summed E-state index contributed by atoms with van der Waals surface area (Å²) in [5, 5.41) is 9.17. The number of phenols is 1. The molecule has 0 unspecified atom stereocenters. The monoisotopic (exact) mass is 278 g/mol. The van der Waals surface area contributed by atoms with Crippen LogP contribution in [0.1, 0.15) is 32.6 Å². The van der Waals surface area contributed by atoms with Crippen molar-refractivity contribution in [1.82, 2.24) is 0 Å². The van der Waals surface area contributed by atoms with Crippen LogP contribution < -0.4 is 4.74 Å². The van der Waals surface area contributed by atoms with Crippen LogP contribution in [0.25, 0.3) is 0 Å². The van der Waals surface area contributed by atoms with Gasteiger partial charge >= 0.3 is 5.97 Å². The smallest absolute Gasteiger partial charge is 0.330 e. The highest BCUT2D eigenvalue weighted by Gasteiger charge is 2.04. The summed E-state index contributed by atoms with van der Waals surface area (Å²) in [5.41, 5.74) is 0. The molecule has 0 bridgehead atoms. The van der Waals surface area contributed by atoms with E-state index in [-0.39, 0.29) is 17.8 Å². The SMILES string of the molecule is C=CC(=O)OCCCCC[C@H](C)Oc1ccc(O)cc1. The molecule has 0 aliphatic carbocycles. The van der Waals surface area contributed by atoms with E-state index in [1.807, 2.05) is 6.92 Å². The summed E-state index contributed by atoms with van der Waals surface area (Å²) in [6.07, 6.45) is 5.10. The number of carbonyl (C=O) groups is 1. The van der Waals surface area contributed by atoms with Crippen LogP contribution in [0.5, 0.6) is 11.5 Å². The highest BCUT2D eigenvalue weighted by Crippen LogP contribution is 2.18. The van der Waals surface area contributed by atoms with Gasteiger partial charge in [-0.3, -0.25) is 0 Å². The second-order valence-electron chi connectivity index (χ2n) is 4.64. The molecule has 1 aromatic rings. The van der Waals surface area contributed by atoms with Gasteiger partial charge < -0.3 is 14.6 Å². The molecule has 0 saturated heterocycles. The molecule has 0 aromatic heterocycles. The largest absolute Gasteiger partial charge is 0.508 e. The Morgan fingerprint density at radius 2 is 2.00 bits per heavy atom. The van der Waals surface area contributed by atoms with E-state index in [1.54, 1.807) is 24.3 Å². The first-order valence-corrected chi connectivity index (χ1v) is 6.86. The van der Waals surface area contributed by atoms with Crippen molar-refractivity contribution in [3.05, 3.63) is 36.9 Å². The summed E-state index contributed by atoms with van der Waals surface area (Å²) in [4.78, 5) is 10.8. The van der Waals surface area contributed by atoms with Crippen LogP contribution in [0.4, 0.5) is 0 Å². The molecule has 1 aromatic carbocycles. The quantitative estimate of drug-likeness (QED) is 0.427. The summed E-state index contributed by atoms with van der Waals surface area (Å²) in [6, 6.07) is 6.72. The molecule has 0 radical (unpaired) electrons. The highest BCUT2D eigenvalue weighted by molar-refractivity contribution is 5.81. The van der Waals surface area contributed by atoms with E-state index in [9.17, 15) is 9.90 Å². The first-order valence-electron chi connectivity index (χ1n) is 6.86. The Bertz CT molecular complexity index is 411. The van der Waals surface area contributed by atoms with Gasteiger partial charge in [-0.25, -0.2) is 4.79 Å². The van der Waals surface area contributed by atoms with Crippen molar-refractivity contribution >= 4 is 5.97 Å². The van der Waals surface area contributed by atoms with Crippen LogP contribution >= 0.6 is 0 Å². The Labute approximate surface area is 120 Å². The lowest BCUT2D eigenvalue weighted by Crippen LogP contribution is -2.11. The van der Waals surface area contributed by atoms with Gasteiger partial charge in [0.25, 0.3) is 0 Å². The highest BCUT2D eigenvalue weighted by atomic mass is 16.5. The lowest BCUT2D eigenvalue weighted by Gasteiger charge is -2.14. The van der Waals surface area contributed by atoms with Crippen LogP contribution in [0.3, 0.4) is 0 Å². The molecule has 0 heterocycles. The third-order valence-electron chi connectivity index (χ3n) is 2.84. The fraction of sp³-hybridized carbons (Fsp3) is 0.438. The van der Waals surface area contributed by atoms with E-state index in [0.29, 0.717) is 6.61 Å². The Morgan fingerprint density at radius 3 is 2.65 bits per heavy atom. The molecule has 4 nitrogen and oxygen atoms in total. The van der Waals surface area contributed by atoms with E-state index in [1.165, 1.54) is 6.08 Å². The Balaban J connectivity index is 2.08. The van der Waals surface area contributed by atoms with Gasteiger partial charge in [-0.15, -0.1) is 0 Å². The molecule has 1 N–H and O–H groups in total. The minimum Gasteiger partial charge on any atom is -0.508 e. The number of unbranched alkanes of at least 4 members (excludes halogenated alkanes) is 2. The van der Waals surface area contributed by atoms with Gasteiger partial charge in [0, 0.05) is 6.08 Å². The molecular weight excluding hydrogens is 256 g/mol. The van der Waals surface area contributed by atoms with Crippen LogP contribution in [0, 0.1) is 0 Å². The second kappa shape index (κ2) is 9.02. The first kappa shape index (κ1) is 16.1. The normalized spacial score (nSPS) is 11.7. The van der Waals surface area contributed by atoms with Gasteiger partial charge in [-0.1, -0.05) is 6.58 Å². The Kier molecular flexibility index (Phi) is 7.25. The Morgan fingerprint density at radius 1 is 1.30 bits per heavy atom.